The average molecular weight is 411 g/mol. The van der Waals surface area contributed by atoms with Gasteiger partial charge in [0, 0.05) is 15.4 Å². The summed E-state index contributed by atoms with van der Waals surface area (Å²) >= 11 is 9.01. The van der Waals surface area contributed by atoms with Crippen molar-refractivity contribution in [2.75, 3.05) is 6.54 Å². The summed E-state index contributed by atoms with van der Waals surface area (Å²) in [6.07, 6.45) is 2.47. The van der Waals surface area contributed by atoms with Crippen LogP contribution in [-0.4, -0.2) is 6.54 Å². The van der Waals surface area contributed by atoms with Gasteiger partial charge in [0.25, 0.3) is 0 Å². The zero-order chi connectivity index (χ0) is 14.6. The Hall–Kier alpha value is 0.620. The van der Waals surface area contributed by atoms with Crippen molar-refractivity contribution in [3.63, 3.8) is 0 Å². The highest BCUT2D eigenvalue weighted by Gasteiger charge is 2.21. The fourth-order valence-corrected chi connectivity index (χ4v) is 4.79. The third-order valence-corrected chi connectivity index (χ3v) is 6.43. The quantitative estimate of drug-likeness (QED) is 0.572. The minimum atomic E-state index is 0.410. The predicted octanol–water partition coefficient (Wildman–Crippen LogP) is 6.39. The van der Waals surface area contributed by atoms with E-state index in [2.05, 4.69) is 77.9 Å². The molecule has 0 bridgehead atoms. The molecule has 1 nitrogen and oxygen atoms in total. The minimum Gasteiger partial charge on any atom is -0.310 e. The van der Waals surface area contributed by atoms with Crippen LogP contribution in [0, 0.1) is 11.3 Å². The van der Waals surface area contributed by atoms with Crippen molar-refractivity contribution in [3.05, 3.63) is 19.2 Å². The first-order chi connectivity index (χ1) is 8.73. The van der Waals surface area contributed by atoms with E-state index in [0.717, 1.165) is 12.5 Å². The highest BCUT2D eigenvalue weighted by Crippen LogP contribution is 2.38. The van der Waals surface area contributed by atoms with Gasteiger partial charge in [0.1, 0.15) is 0 Å². The number of halogens is 2. The monoisotopic (exact) mass is 409 g/mol. The Morgan fingerprint density at radius 1 is 1.32 bits per heavy atom. The van der Waals surface area contributed by atoms with Crippen molar-refractivity contribution in [1.29, 1.82) is 0 Å². The lowest BCUT2D eigenvalue weighted by Crippen LogP contribution is -2.23. The van der Waals surface area contributed by atoms with Crippen LogP contribution in [0.15, 0.2) is 14.3 Å². The Morgan fingerprint density at radius 3 is 2.37 bits per heavy atom. The molecule has 19 heavy (non-hydrogen) atoms. The van der Waals surface area contributed by atoms with E-state index in [-0.39, 0.29) is 0 Å². The largest absolute Gasteiger partial charge is 0.310 e. The zero-order valence-corrected chi connectivity index (χ0v) is 16.5. The van der Waals surface area contributed by atoms with E-state index in [4.69, 9.17) is 0 Å². The van der Waals surface area contributed by atoms with Gasteiger partial charge in [0.05, 0.1) is 3.79 Å². The molecule has 1 aromatic rings. The summed E-state index contributed by atoms with van der Waals surface area (Å²) < 4.78 is 2.35. The summed E-state index contributed by atoms with van der Waals surface area (Å²) in [5.41, 5.74) is 0.410. The van der Waals surface area contributed by atoms with Gasteiger partial charge in [0.15, 0.2) is 0 Å². The van der Waals surface area contributed by atoms with Crippen molar-refractivity contribution < 1.29 is 0 Å². The smallest absolute Gasteiger partial charge is 0.0843 e. The van der Waals surface area contributed by atoms with Gasteiger partial charge in [-0.3, -0.25) is 0 Å². The molecule has 0 aliphatic carbocycles. The first kappa shape index (κ1) is 17.7. The summed E-state index contributed by atoms with van der Waals surface area (Å²) in [5, 5.41) is 3.62. The summed E-state index contributed by atoms with van der Waals surface area (Å²) in [4.78, 5) is 1.42. The lowest BCUT2D eigenvalue weighted by Gasteiger charge is -2.26. The molecule has 1 heterocycles. The van der Waals surface area contributed by atoms with Crippen molar-refractivity contribution in [3.8, 4) is 0 Å². The fraction of sp³-hybridized carbons (Fsp3) is 0.733. The maximum Gasteiger partial charge on any atom is 0.0843 e. The van der Waals surface area contributed by atoms with E-state index < -0.39 is 0 Å². The molecule has 1 aromatic heterocycles. The highest BCUT2D eigenvalue weighted by atomic mass is 79.9. The van der Waals surface area contributed by atoms with E-state index >= 15 is 0 Å². The summed E-state index contributed by atoms with van der Waals surface area (Å²) in [6.45, 7) is 12.5. The summed E-state index contributed by atoms with van der Waals surface area (Å²) in [5.74, 6) is 0.726. The van der Waals surface area contributed by atoms with Gasteiger partial charge in [-0.15, -0.1) is 11.3 Å². The normalized spacial score (nSPS) is 15.5. The molecular formula is C15H25Br2NS. The molecule has 2 atom stereocenters. The van der Waals surface area contributed by atoms with Crippen LogP contribution >= 0.6 is 43.2 Å². The number of nitrogens with one attached hydrogen (secondary N) is 1. The molecule has 0 saturated heterocycles. The number of hydrogen-bond acceptors (Lipinski definition) is 2. The first-order valence-electron chi connectivity index (χ1n) is 6.91. The van der Waals surface area contributed by atoms with Crippen molar-refractivity contribution in [2.45, 2.75) is 53.5 Å². The molecular weight excluding hydrogens is 386 g/mol. The Kier molecular flexibility index (Phi) is 7.05. The zero-order valence-electron chi connectivity index (χ0n) is 12.5. The van der Waals surface area contributed by atoms with Crippen LogP contribution in [0.3, 0.4) is 0 Å². The summed E-state index contributed by atoms with van der Waals surface area (Å²) in [7, 11) is 0. The van der Waals surface area contributed by atoms with Gasteiger partial charge in [-0.05, 0) is 68.6 Å². The molecule has 0 radical (unpaired) electrons. The van der Waals surface area contributed by atoms with E-state index in [1.54, 1.807) is 0 Å². The maximum atomic E-state index is 3.62. The molecule has 2 unspecified atom stereocenters. The van der Waals surface area contributed by atoms with Gasteiger partial charge in [-0.1, -0.05) is 34.6 Å². The second-order valence-electron chi connectivity index (χ2n) is 6.49. The lowest BCUT2D eigenvalue weighted by atomic mass is 9.83. The maximum absolute atomic E-state index is 3.62. The second-order valence-corrected chi connectivity index (χ2v) is 9.74. The number of rotatable bonds is 6. The molecule has 0 saturated carbocycles. The summed E-state index contributed by atoms with van der Waals surface area (Å²) in [6, 6.07) is 2.71. The molecule has 1 N–H and O–H groups in total. The van der Waals surface area contributed by atoms with Gasteiger partial charge < -0.3 is 5.32 Å². The Bertz CT molecular complexity index is 376. The molecule has 4 heteroatoms. The van der Waals surface area contributed by atoms with Crippen LogP contribution in [0.4, 0.5) is 0 Å². The molecule has 1 rings (SSSR count). The van der Waals surface area contributed by atoms with Crippen LogP contribution < -0.4 is 5.32 Å². The van der Waals surface area contributed by atoms with Crippen LogP contribution in [-0.2, 0) is 0 Å². The fourth-order valence-electron chi connectivity index (χ4n) is 2.61. The number of hydrogen-bond donors (Lipinski definition) is 1. The van der Waals surface area contributed by atoms with Crippen molar-refractivity contribution in [2.24, 2.45) is 11.3 Å². The van der Waals surface area contributed by atoms with Gasteiger partial charge in [-0.2, -0.15) is 0 Å². The molecule has 0 fully saturated rings. The standard InChI is InChI=1S/C15H25Br2NS/c1-6-18-12(7-10(2)9-15(3,4)5)13-8-11(16)14(17)19-13/h8,10,12,18H,6-7,9H2,1-5H3. The Morgan fingerprint density at radius 2 is 1.95 bits per heavy atom. The van der Waals surface area contributed by atoms with Gasteiger partial charge >= 0.3 is 0 Å². The molecule has 0 spiro atoms. The Balaban J connectivity index is 2.72. The lowest BCUT2D eigenvalue weighted by molar-refractivity contribution is 0.277. The van der Waals surface area contributed by atoms with Crippen LogP contribution in [0.1, 0.15) is 58.4 Å². The third-order valence-electron chi connectivity index (χ3n) is 3.06. The predicted molar refractivity (Wildman–Crippen MR) is 94.0 cm³/mol. The highest BCUT2D eigenvalue weighted by molar-refractivity contribution is 9.13. The topological polar surface area (TPSA) is 12.0 Å². The van der Waals surface area contributed by atoms with Gasteiger partial charge in [-0.25, -0.2) is 0 Å². The van der Waals surface area contributed by atoms with Crippen LogP contribution in [0.25, 0.3) is 0 Å². The SMILES string of the molecule is CCNC(CC(C)CC(C)(C)C)c1cc(Br)c(Br)s1. The van der Waals surface area contributed by atoms with Crippen molar-refractivity contribution >= 4 is 43.2 Å². The number of thiophene rings is 1. The van der Waals surface area contributed by atoms with E-state index in [9.17, 15) is 0 Å². The van der Waals surface area contributed by atoms with E-state index in [1.165, 1.54) is 26.0 Å². The second kappa shape index (κ2) is 7.58. The molecule has 0 aromatic carbocycles. The minimum absolute atomic E-state index is 0.410. The third kappa shape index (κ3) is 6.28. The molecule has 110 valence electrons. The van der Waals surface area contributed by atoms with Crippen LogP contribution in [0.5, 0.6) is 0 Å². The molecule has 0 amide bonds. The first-order valence-corrected chi connectivity index (χ1v) is 9.31. The van der Waals surface area contributed by atoms with Crippen LogP contribution in [0.2, 0.25) is 0 Å². The van der Waals surface area contributed by atoms with E-state index in [0.29, 0.717) is 11.5 Å². The molecule has 0 aliphatic rings. The average Bonchev–Trinajstić information content (AvgIpc) is 2.56. The van der Waals surface area contributed by atoms with Crippen molar-refractivity contribution in [1.82, 2.24) is 5.32 Å². The Labute approximate surface area is 138 Å². The van der Waals surface area contributed by atoms with E-state index in [1.807, 2.05) is 11.3 Å². The molecule has 0 aliphatic heterocycles. The van der Waals surface area contributed by atoms with Gasteiger partial charge in [0.2, 0.25) is 0 Å².